The van der Waals surface area contributed by atoms with E-state index in [9.17, 15) is 4.79 Å². The van der Waals surface area contributed by atoms with Gasteiger partial charge in [0.25, 0.3) is 0 Å². The van der Waals surface area contributed by atoms with Gasteiger partial charge in [0.05, 0.1) is 17.7 Å². The predicted octanol–water partition coefficient (Wildman–Crippen LogP) is 6.35. The Hall–Kier alpha value is -1.53. The molecule has 1 aliphatic heterocycles. The molecule has 1 aromatic carbocycles. The fraction of sp³-hybridized carbons (Fsp3) is 0.476. The van der Waals surface area contributed by atoms with Crippen LogP contribution in [0.3, 0.4) is 0 Å². The molecule has 0 radical (unpaired) electrons. The van der Waals surface area contributed by atoms with Crippen LogP contribution < -0.4 is 5.32 Å². The van der Waals surface area contributed by atoms with Gasteiger partial charge in [0, 0.05) is 21.5 Å². The summed E-state index contributed by atoms with van der Waals surface area (Å²) >= 11 is 5.27. The maximum absolute atomic E-state index is 12.2. The van der Waals surface area contributed by atoms with E-state index in [1.807, 2.05) is 12.1 Å². The third-order valence-corrected chi connectivity index (χ3v) is 7.06. The number of carbonyl (C=O) groups excluding carboxylic acids is 1. The number of benzene rings is 1. The van der Waals surface area contributed by atoms with Gasteiger partial charge in [-0.15, -0.1) is 11.3 Å². The molecule has 0 bridgehead atoms. The maximum Gasteiger partial charge on any atom is 0.341 e. The normalized spacial score (nSPS) is 23.8. The Morgan fingerprint density at radius 1 is 1.26 bits per heavy atom. The summed E-state index contributed by atoms with van der Waals surface area (Å²) < 4.78 is 1.01. The molecule has 1 aromatic heterocycles. The number of nitrogens with zero attached hydrogens (tertiary/aromatic N) is 2. The Bertz CT molecular complexity index is 857. The molecule has 2 heterocycles. The van der Waals surface area contributed by atoms with Crippen molar-refractivity contribution in [2.45, 2.75) is 63.3 Å². The molecule has 2 aliphatic rings. The number of halogens is 1. The van der Waals surface area contributed by atoms with Crippen LogP contribution in [0.15, 0.2) is 39.1 Å². The third kappa shape index (κ3) is 4.02. The summed E-state index contributed by atoms with van der Waals surface area (Å²) in [7, 11) is 0. The first-order valence-electron chi connectivity index (χ1n) is 9.74. The second-order valence-electron chi connectivity index (χ2n) is 7.36. The van der Waals surface area contributed by atoms with E-state index in [1.54, 1.807) is 11.3 Å². The minimum Gasteiger partial charge on any atom is -0.328 e. The van der Waals surface area contributed by atoms with Gasteiger partial charge < -0.3 is 5.32 Å². The zero-order valence-electron chi connectivity index (χ0n) is 15.5. The number of aliphatic imine (C=N–C) groups is 1. The first kappa shape index (κ1) is 18.8. The Kier molecular flexibility index (Phi) is 5.74. The van der Waals surface area contributed by atoms with Gasteiger partial charge in [-0.3, -0.25) is 0 Å². The molecule has 1 N–H and O–H groups in total. The molecule has 27 heavy (non-hydrogen) atoms. The van der Waals surface area contributed by atoms with E-state index < -0.39 is 0 Å². The lowest BCUT2D eigenvalue weighted by atomic mass is 9.86. The molecule has 0 saturated heterocycles. The van der Waals surface area contributed by atoms with Crippen LogP contribution in [-0.2, 0) is 0 Å². The average molecular weight is 446 g/mol. The van der Waals surface area contributed by atoms with E-state index in [0.29, 0.717) is 5.92 Å². The quantitative estimate of drug-likeness (QED) is 0.595. The lowest BCUT2D eigenvalue weighted by Crippen LogP contribution is -2.39. The average Bonchev–Trinajstić information content (AvgIpc) is 3.17. The minimum absolute atomic E-state index is 0.00402. The van der Waals surface area contributed by atoms with Crippen molar-refractivity contribution in [3.63, 3.8) is 0 Å². The van der Waals surface area contributed by atoms with Crippen molar-refractivity contribution < 1.29 is 4.79 Å². The molecule has 2 amide bonds. The number of urea groups is 1. The van der Waals surface area contributed by atoms with E-state index >= 15 is 0 Å². The lowest BCUT2D eigenvalue weighted by Gasteiger charge is -2.31. The van der Waals surface area contributed by atoms with Gasteiger partial charge in [0.1, 0.15) is 5.01 Å². The number of hydrogen-bond donors (Lipinski definition) is 1. The Balaban J connectivity index is 1.70. The second kappa shape index (κ2) is 8.23. The van der Waals surface area contributed by atoms with Gasteiger partial charge in [0.15, 0.2) is 0 Å². The number of nitrogens with one attached hydrogen (secondary N) is 1. The molecule has 2 atom stereocenters. The highest BCUT2D eigenvalue weighted by atomic mass is 79.9. The monoisotopic (exact) mass is 445 g/mol. The second-order valence-corrected chi connectivity index (χ2v) is 9.17. The van der Waals surface area contributed by atoms with Crippen LogP contribution in [0, 0.1) is 0 Å². The molecule has 1 aliphatic carbocycles. The molecule has 4 rings (SSSR count). The standard InChI is InChI=1S/C21H24BrN3OS/c1-2-16-18(20-23-17(12-27-20)13-7-4-3-5-8-13)19(25-21(26)24-16)14-9-6-10-15(22)11-14/h6,9-13,18-19H,2-5,7-8H2,1H3,(H,25,26). The first-order chi connectivity index (χ1) is 13.2. The van der Waals surface area contributed by atoms with Crippen molar-refractivity contribution in [2.24, 2.45) is 4.99 Å². The van der Waals surface area contributed by atoms with Crippen LogP contribution in [0.2, 0.25) is 0 Å². The van der Waals surface area contributed by atoms with E-state index in [1.165, 1.54) is 37.8 Å². The molecule has 4 nitrogen and oxygen atoms in total. The van der Waals surface area contributed by atoms with Gasteiger partial charge in [0.2, 0.25) is 0 Å². The Morgan fingerprint density at radius 3 is 2.81 bits per heavy atom. The van der Waals surface area contributed by atoms with Crippen LogP contribution in [0.4, 0.5) is 4.79 Å². The van der Waals surface area contributed by atoms with Gasteiger partial charge in [-0.25, -0.2) is 14.8 Å². The summed E-state index contributed by atoms with van der Waals surface area (Å²) in [4.78, 5) is 21.6. The smallest absolute Gasteiger partial charge is 0.328 e. The van der Waals surface area contributed by atoms with E-state index in [4.69, 9.17) is 4.98 Å². The predicted molar refractivity (Wildman–Crippen MR) is 114 cm³/mol. The number of hydrogen-bond acceptors (Lipinski definition) is 3. The van der Waals surface area contributed by atoms with E-state index in [-0.39, 0.29) is 18.0 Å². The third-order valence-electron chi connectivity index (χ3n) is 5.62. The van der Waals surface area contributed by atoms with Crippen LogP contribution in [-0.4, -0.2) is 16.7 Å². The zero-order chi connectivity index (χ0) is 18.8. The number of amides is 2. The van der Waals surface area contributed by atoms with E-state index in [2.05, 4.69) is 50.7 Å². The number of rotatable bonds is 4. The molecule has 2 unspecified atom stereocenters. The van der Waals surface area contributed by atoms with Crippen molar-refractivity contribution >= 4 is 39.0 Å². The van der Waals surface area contributed by atoms with Gasteiger partial charge in [-0.05, 0) is 37.0 Å². The van der Waals surface area contributed by atoms with Crippen molar-refractivity contribution in [2.75, 3.05) is 0 Å². The highest BCUT2D eigenvalue weighted by molar-refractivity contribution is 9.10. The Labute approximate surface area is 172 Å². The maximum atomic E-state index is 12.2. The number of aromatic nitrogens is 1. The van der Waals surface area contributed by atoms with Gasteiger partial charge in [-0.1, -0.05) is 54.2 Å². The zero-order valence-corrected chi connectivity index (χ0v) is 17.9. The molecule has 0 spiro atoms. The summed E-state index contributed by atoms with van der Waals surface area (Å²) in [6.07, 6.45) is 7.20. The van der Waals surface area contributed by atoms with Crippen LogP contribution >= 0.6 is 27.3 Å². The summed E-state index contributed by atoms with van der Waals surface area (Å²) in [5.74, 6) is 0.595. The summed E-state index contributed by atoms with van der Waals surface area (Å²) in [6.45, 7) is 2.07. The Morgan fingerprint density at radius 2 is 2.07 bits per heavy atom. The summed E-state index contributed by atoms with van der Waals surface area (Å²) in [6, 6.07) is 7.77. The van der Waals surface area contributed by atoms with E-state index in [0.717, 1.165) is 27.2 Å². The molecule has 1 fully saturated rings. The van der Waals surface area contributed by atoms with Crippen LogP contribution in [0.5, 0.6) is 0 Å². The largest absolute Gasteiger partial charge is 0.341 e. The van der Waals surface area contributed by atoms with Crippen molar-refractivity contribution in [1.82, 2.24) is 10.3 Å². The van der Waals surface area contributed by atoms with Crippen molar-refractivity contribution in [3.8, 4) is 0 Å². The molecule has 142 valence electrons. The topological polar surface area (TPSA) is 54.4 Å². The molecule has 6 heteroatoms. The van der Waals surface area contributed by atoms with Gasteiger partial charge in [-0.2, -0.15) is 0 Å². The first-order valence-corrected chi connectivity index (χ1v) is 11.4. The van der Waals surface area contributed by atoms with Crippen LogP contribution in [0.1, 0.15) is 79.6 Å². The van der Waals surface area contributed by atoms with Crippen LogP contribution in [0.25, 0.3) is 0 Å². The highest BCUT2D eigenvalue weighted by Gasteiger charge is 2.36. The molecular weight excluding hydrogens is 422 g/mol. The summed E-state index contributed by atoms with van der Waals surface area (Å²) in [5.41, 5.74) is 3.24. The fourth-order valence-electron chi connectivity index (χ4n) is 4.23. The molecular formula is C21H24BrN3OS. The highest BCUT2D eigenvalue weighted by Crippen LogP contribution is 2.40. The SMILES string of the molecule is CCC1=NC(=O)NC(c2cccc(Br)c2)C1c1nc(C2CCCCC2)cs1. The van der Waals surface area contributed by atoms with Crippen molar-refractivity contribution in [3.05, 3.63) is 50.4 Å². The molecule has 1 saturated carbocycles. The minimum atomic E-state index is -0.253. The van der Waals surface area contributed by atoms with Crippen molar-refractivity contribution in [1.29, 1.82) is 0 Å². The molecule has 2 aromatic rings. The van der Waals surface area contributed by atoms with Gasteiger partial charge >= 0.3 is 6.03 Å². The number of thiazole rings is 1. The fourth-order valence-corrected chi connectivity index (χ4v) is 5.71. The lowest BCUT2D eigenvalue weighted by molar-refractivity contribution is 0.242. The summed E-state index contributed by atoms with van der Waals surface area (Å²) in [5, 5.41) is 6.38. The number of carbonyl (C=O) groups is 1.